The summed E-state index contributed by atoms with van der Waals surface area (Å²) in [4.78, 5) is 20.7. The molecule has 1 aromatic carbocycles. The highest BCUT2D eigenvalue weighted by Gasteiger charge is 2.03. The number of benzene rings is 1. The third-order valence-electron chi connectivity index (χ3n) is 1.22. The van der Waals surface area contributed by atoms with Crippen molar-refractivity contribution in [2.75, 3.05) is 0 Å². The number of Topliss-reactive ketones (excluding diaryl/α,β-unsaturated/α-hetero) is 1. The summed E-state index contributed by atoms with van der Waals surface area (Å²) in [5.41, 5.74) is 0.146. The maximum Gasteiger partial charge on any atom is 0.208 e. The molecule has 0 bridgehead atoms. The molecule has 0 saturated heterocycles. The number of carbonyl (C=O) groups is 2. The summed E-state index contributed by atoms with van der Waals surface area (Å²) in [5, 5.41) is 10.0. The first-order chi connectivity index (χ1) is 5.22. The highest BCUT2D eigenvalue weighted by atomic mass is 16.4. The lowest BCUT2D eigenvalue weighted by atomic mass is 10.1. The van der Waals surface area contributed by atoms with Gasteiger partial charge in [0, 0.05) is 5.56 Å². The molecule has 0 amide bonds. The van der Waals surface area contributed by atoms with Gasteiger partial charge in [-0.05, 0) is 0 Å². The first-order valence-corrected chi connectivity index (χ1v) is 3.02. The summed E-state index contributed by atoms with van der Waals surface area (Å²) in [5.74, 6) is -2.65. The second-order valence-corrected chi connectivity index (χ2v) is 1.98. The lowest BCUT2D eigenvalue weighted by Crippen LogP contribution is -2.31. The predicted molar refractivity (Wildman–Crippen MR) is 35.8 cm³/mol. The van der Waals surface area contributed by atoms with Crippen LogP contribution in [-0.2, 0) is 4.79 Å². The van der Waals surface area contributed by atoms with E-state index >= 15 is 0 Å². The molecule has 1 aromatic rings. The molecule has 0 unspecified atom stereocenters. The SMILES string of the molecule is O=C([O-])C(=O)c1ccccc1. The van der Waals surface area contributed by atoms with Gasteiger partial charge in [0.15, 0.2) is 0 Å². The van der Waals surface area contributed by atoms with E-state index in [4.69, 9.17) is 0 Å². The summed E-state index contributed by atoms with van der Waals surface area (Å²) >= 11 is 0. The minimum Gasteiger partial charge on any atom is -0.541 e. The van der Waals surface area contributed by atoms with Gasteiger partial charge < -0.3 is 9.90 Å². The van der Waals surface area contributed by atoms with Gasteiger partial charge in [0.25, 0.3) is 0 Å². The number of aliphatic carboxylic acids is 1. The highest BCUT2D eigenvalue weighted by Crippen LogP contribution is 1.98. The van der Waals surface area contributed by atoms with Crippen LogP contribution >= 0.6 is 0 Å². The number of hydrogen-bond donors (Lipinski definition) is 0. The molecule has 0 radical (unpaired) electrons. The Bertz CT molecular complexity index is 277. The average Bonchev–Trinajstić information content (AvgIpc) is 2.05. The molecule has 3 nitrogen and oxygen atoms in total. The minimum absolute atomic E-state index is 0.146. The number of ketones is 1. The maximum absolute atomic E-state index is 10.7. The van der Waals surface area contributed by atoms with Crippen LogP contribution in [0.25, 0.3) is 0 Å². The fourth-order valence-corrected chi connectivity index (χ4v) is 0.707. The molecular weight excluding hydrogens is 144 g/mol. The van der Waals surface area contributed by atoms with Crippen LogP contribution in [-0.4, -0.2) is 11.8 Å². The predicted octanol–water partition coefficient (Wildman–Crippen LogP) is -0.381. The first-order valence-electron chi connectivity index (χ1n) is 3.02. The zero-order valence-electron chi connectivity index (χ0n) is 5.61. The third-order valence-corrected chi connectivity index (χ3v) is 1.22. The highest BCUT2D eigenvalue weighted by molar-refractivity contribution is 6.38. The van der Waals surface area contributed by atoms with Crippen molar-refractivity contribution < 1.29 is 14.7 Å². The molecule has 1 rings (SSSR count). The summed E-state index contributed by atoms with van der Waals surface area (Å²) < 4.78 is 0. The van der Waals surface area contributed by atoms with Crippen LogP contribution in [0, 0.1) is 0 Å². The van der Waals surface area contributed by atoms with Crippen LogP contribution in [0.3, 0.4) is 0 Å². The van der Waals surface area contributed by atoms with E-state index in [-0.39, 0.29) is 5.56 Å². The Labute approximate surface area is 63.3 Å². The molecule has 11 heavy (non-hydrogen) atoms. The topological polar surface area (TPSA) is 57.2 Å². The van der Waals surface area contributed by atoms with Crippen molar-refractivity contribution in [3.8, 4) is 0 Å². The van der Waals surface area contributed by atoms with Crippen molar-refractivity contribution in [2.45, 2.75) is 0 Å². The fourth-order valence-electron chi connectivity index (χ4n) is 0.707. The quantitative estimate of drug-likeness (QED) is 0.425. The third kappa shape index (κ3) is 1.64. The average molecular weight is 149 g/mol. The second-order valence-electron chi connectivity index (χ2n) is 1.98. The van der Waals surface area contributed by atoms with Crippen LogP contribution in [0.1, 0.15) is 10.4 Å². The lowest BCUT2D eigenvalue weighted by Gasteiger charge is -1.98. The van der Waals surface area contributed by atoms with E-state index in [2.05, 4.69) is 0 Å². The molecule has 0 heterocycles. The molecule has 0 N–H and O–H groups in total. The van der Waals surface area contributed by atoms with Gasteiger partial charge in [-0.25, -0.2) is 0 Å². The Hall–Kier alpha value is -1.64. The standard InChI is InChI=1S/C8H6O3/c9-7(8(10)11)6-4-2-1-3-5-6/h1-5H,(H,10,11)/p-1. The van der Waals surface area contributed by atoms with Gasteiger partial charge in [-0.15, -0.1) is 0 Å². The smallest absolute Gasteiger partial charge is 0.208 e. The van der Waals surface area contributed by atoms with Crippen LogP contribution in [0.4, 0.5) is 0 Å². The Kier molecular flexibility index (Phi) is 2.01. The van der Waals surface area contributed by atoms with Gasteiger partial charge in [0.2, 0.25) is 5.78 Å². The second kappa shape index (κ2) is 2.96. The van der Waals surface area contributed by atoms with Crippen molar-refractivity contribution in [1.29, 1.82) is 0 Å². The fraction of sp³-hybridized carbons (Fsp3) is 0. The Morgan fingerprint density at radius 3 is 2.09 bits per heavy atom. The van der Waals surface area contributed by atoms with E-state index < -0.39 is 11.8 Å². The zero-order chi connectivity index (χ0) is 8.27. The van der Waals surface area contributed by atoms with E-state index in [1.807, 2.05) is 0 Å². The minimum atomic E-state index is -1.67. The number of carbonyl (C=O) groups excluding carboxylic acids is 2. The molecule has 0 aliphatic rings. The monoisotopic (exact) mass is 149 g/mol. The Morgan fingerprint density at radius 1 is 1.09 bits per heavy atom. The molecule has 0 spiro atoms. The molecule has 0 saturated carbocycles. The van der Waals surface area contributed by atoms with Crippen molar-refractivity contribution in [3.63, 3.8) is 0 Å². The van der Waals surface area contributed by atoms with Gasteiger partial charge in [-0.1, -0.05) is 30.3 Å². The summed E-state index contributed by atoms with van der Waals surface area (Å²) in [6, 6.07) is 7.74. The molecule has 0 aromatic heterocycles. The van der Waals surface area contributed by atoms with Crippen LogP contribution in [0.5, 0.6) is 0 Å². The molecule has 0 aliphatic heterocycles. The first kappa shape index (κ1) is 7.47. The lowest BCUT2D eigenvalue weighted by molar-refractivity contribution is -0.296. The van der Waals surface area contributed by atoms with E-state index in [1.54, 1.807) is 18.2 Å². The molecule has 0 fully saturated rings. The molecule has 0 atom stereocenters. The largest absolute Gasteiger partial charge is 0.541 e. The number of carboxylic acids is 1. The van der Waals surface area contributed by atoms with E-state index in [1.165, 1.54) is 12.1 Å². The Morgan fingerprint density at radius 2 is 1.64 bits per heavy atom. The number of hydrogen-bond acceptors (Lipinski definition) is 3. The zero-order valence-corrected chi connectivity index (χ0v) is 5.61. The van der Waals surface area contributed by atoms with Crippen molar-refractivity contribution in [3.05, 3.63) is 35.9 Å². The Balaban J connectivity index is 2.95. The van der Waals surface area contributed by atoms with Gasteiger partial charge in [0.1, 0.15) is 5.97 Å². The maximum atomic E-state index is 10.7. The normalized spacial score (nSPS) is 9.09. The van der Waals surface area contributed by atoms with Crippen LogP contribution < -0.4 is 5.11 Å². The van der Waals surface area contributed by atoms with Crippen LogP contribution in [0.15, 0.2) is 30.3 Å². The van der Waals surface area contributed by atoms with Gasteiger partial charge in [-0.2, -0.15) is 0 Å². The van der Waals surface area contributed by atoms with Crippen molar-refractivity contribution in [1.82, 2.24) is 0 Å². The van der Waals surface area contributed by atoms with E-state index in [0.717, 1.165) is 0 Å². The molecule has 3 heteroatoms. The summed E-state index contributed by atoms with van der Waals surface area (Å²) in [6.07, 6.45) is 0. The van der Waals surface area contributed by atoms with E-state index in [0.29, 0.717) is 0 Å². The van der Waals surface area contributed by atoms with Crippen molar-refractivity contribution >= 4 is 11.8 Å². The van der Waals surface area contributed by atoms with E-state index in [9.17, 15) is 14.7 Å². The molecular formula is C8H5O3-. The number of carboxylic acid groups (broad SMARTS) is 1. The molecule has 0 aliphatic carbocycles. The van der Waals surface area contributed by atoms with Crippen LogP contribution in [0.2, 0.25) is 0 Å². The van der Waals surface area contributed by atoms with Crippen molar-refractivity contribution in [2.24, 2.45) is 0 Å². The summed E-state index contributed by atoms with van der Waals surface area (Å²) in [6.45, 7) is 0. The molecule has 56 valence electrons. The van der Waals surface area contributed by atoms with Gasteiger partial charge in [-0.3, -0.25) is 4.79 Å². The number of rotatable bonds is 2. The summed E-state index contributed by atoms with van der Waals surface area (Å²) in [7, 11) is 0. The van der Waals surface area contributed by atoms with Gasteiger partial charge in [0.05, 0.1) is 0 Å². The van der Waals surface area contributed by atoms with Gasteiger partial charge >= 0.3 is 0 Å².